The molecule has 0 unspecified atom stereocenters. The first kappa shape index (κ1) is 13.6. The second-order valence-electron chi connectivity index (χ2n) is 5.62. The molecule has 112 valence electrons. The Labute approximate surface area is 134 Å². The van der Waals surface area contributed by atoms with Crippen molar-refractivity contribution in [2.75, 3.05) is 0 Å². The molecule has 0 fully saturated rings. The molecular formula is C19H16N4. The van der Waals surface area contributed by atoms with E-state index in [4.69, 9.17) is 9.97 Å². The normalized spacial score (nSPS) is 11.0. The standard InChI is InChI=1S/C19H16N4/c1-13-8-9-17-16(12-13)22-19(23(17)2)15-10-11-20-18(21-15)14-6-4-3-5-7-14/h3-12H,1-2H3. The Morgan fingerprint density at radius 3 is 2.57 bits per heavy atom. The predicted molar refractivity (Wildman–Crippen MR) is 91.9 cm³/mol. The molecule has 4 aromatic rings. The van der Waals surface area contributed by atoms with Crippen LogP contribution < -0.4 is 0 Å². The summed E-state index contributed by atoms with van der Waals surface area (Å²) in [5.74, 6) is 1.57. The van der Waals surface area contributed by atoms with Crippen LogP contribution in [-0.2, 0) is 7.05 Å². The Balaban J connectivity index is 1.87. The van der Waals surface area contributed by atoms with Gasteiger partial charge in [-0.25, -0.2) is 15.0 Å². The minimum Gasteiger partial charge on any atom is -0.326 e. The van der Waals surface area contributed by atoms with Crippen molar-refractivity contribution >= 4 is 11.0 Å². The summed E-state index contributed by atoms with van der Waals surface area (Å²) in [4.78, 5) is 13.8. The van der Waals surface area contributed by atoms with Gasteiger partial charge in [-0.15, -0.1) is 0 Å². The molecule has 0 saturated carbocycles. The van der Waals surface area contributed by atoms with Crippen molar-refractivity contribution in [3.63, 3.8) is 0 Å². The maximum absolute atomic E-state index is 4.75. The van der Waals surface area contributed by atoms with Crippen LogP contribution in [-0.4, -0.2) is 19.5 Å². The molecule has 2 heterocycles. The number of nitrogens with zero attached hydrogens (tertiary/aromatic N) is 4. The highest BCUT2D eigenvalue weighted by Crippen LogP contribution is 2.24. The highest BCUT2D eigenvalue weighted by molar-refractivity contribution is 5.80. The Hall–Kier alpha value is -3.01. The smallest absolute Gasteiger partial charge is 0.159 e. The molecule has 0 radical (unpaired) electrons. The fourth-order valence-electron chi connectivity index (χ4n) is 2.75. The van der Waals surface area contributed by atoms with Gasteiger partial charge in [0.1, 0.15) is 5.69 Å². The minimum atomic E-state index is 0.714. The van der Waals surface area contributed by atoms with Crippen molar-refractivity contribution in [2.45, 2.75) is 6.92 Å². The number of benzene rings is 2. The van der Waals surface area contributed by atoms with E-state index in [1.54, 1.807) is 6.20 Å². The van der Waals surface area contributed by atoms with Gasteiger partial charge >= 0.3 is 0 Å². The van der Waals surface area contributed by atoms with Crippen LogP contribution in [0, 0.1) is 6.92 Å². The summed E-state index contributed by atoms with van der Waals surface area (Å²) in [6, 6.07) is 18.2. The number of imidazole rings is 1. The molecule has 0 aliphatic heterocycles. The lowest BCUT2D eigenvalue weighted by Gasteiger charge is -2.04. The lowest BCUT2D eigenvalue weighted by atomic mass is 10.2. The zero-order valence-corrected chi connectivity index (χ0v) is 13.1. The average Bonchev–Trinajstić information content (AvgIpc) is 2.92. The van der Waals surface area contributed by atoms with E-state index >= 15 is 0 Å². The molecule has 2 aromatic carbocycles. The van der Waals surface area contributed by atoms with Crippen molar-refractivity contribution < 1.29 is 0 Å². The maximum Gasteiger partial charge on any atom is 0.159 e. The molecule has 0 atom stereocenters. The van der Waals surface area contributed by atoms with Crippen LogP contribution in [0.5, 0.6) is 0 Å². The molecule has 4 nitrogen and oxygen atoms in total. The van der Waals surface area contributed by atoms with Crippen LogP contribution in [0.2, 0.25) is 0 Å². The fourth-order valence-corrected chi connectivity index (χ4v) is 2.75. The van der Waals surface area contributed by atoms with E-state index in [0.29, 0.717) is 5.82 Å². The van der Waals surface area contributed by atoms with Gasteiger partial charge in [0.25, 0.3) is 0 Å². The van der Waals surface area contributed by atoms with Gasteiger partial charge in [-0.2, -0.15) is 0 Å². The minimum absolute atomic E-state index is 0.714. The van der Waals surface area contributed by atoms with Crippen molar-refractivity contribution in [1.29, 1.82) is 0 Å². The maximum atomic E-state index is 4.75. The zero-order valence-electron chi connectivity index (χ0n) is 13.1. The van der Waals surface area contributed by atoms with Crippen molar-refractivity contribution in [1.82, 2.24) is 19.5 Å². The quantitative estimate of drug-likeness (QED) is 0.562. The molecule has 4 rings (SSSR count). The van der Waals surface area contributed by atoms with E-state index in [2.05, 4.69) is 34.7 Å². The summed E-state index contributed by atoms with van der Waals surface area (Å²) in [5, 5.41) is 0. The monoisotopic (exact) mass is 300 g/mol. The Morgan fingerprint density at radius 1 is 0.913 bits per heavy atom. The van der Waals surface area contributed by atoms with Crippen LogP contribution in [0.1, 0.15) is 5.56 Å². The number of rotatable bonds is 2. The Morgan fingerprint density at radius 2 is 1.74 bits per heavy atom. The first-order valence-corrected chi connectivity index (χ1v) is 7.54. The predicted octanol–water partition coefficient (Wildman–Crippen LogP) is 4.01. The summed E-state index contributed by atoms with van der Waals surface area (Å²) in [7, 11) is 2.02. The molecule has 0 bridgehead atoms. The first-order chi connectivity index (χ1) is 11.2. The first-order valence-electron chi connectivity index (χ1n) is 7.54. The summed E-state index contributed by atoms with van der Waals surface area (Å²) in [6.45, 7) is 2.08. The molecule has 0 amide bonds. The van der Waals surface area contributed by atoms with E-state index in [-0.39, 0.29) is 0 Å². The summed E-state index contributed by atoms with van der Waals surface area (Å²) in [5.41, 5.74) is 5.13. The molecule has 0 aliphatic rings. The van der Waals surface area contributed by atoms with Gasteiger partial charge in [-0.05, 0) is 30.7 Å². The summed E-state index contributed by atoms with van der Waals surface area (Å²) < 4.78 is 2.08. The van der Waals surface area contributed by atoms with E-state index in [0.717, 1.165) is 28.1 Å². The third-order valence-corrected chi connectivity index (χ3v) is 3.95. The van der Waals surface area contributed by atoms with Gasteiger partial charge in [0.15, 0.2) is 11.6 Å². The number of fused-ring (bicyclic) bond motifs is 1. The lowest BCUT2D eigenvalue weighted by molar-refractivity contribution is 0.947. The number of aryl methyl sites for hydroxylation is 2. The topological polar surface area (TPSA) is 43.6 Å². The molecule has 2 aromatic heterocycles. The molecule has 0 spiro atoms. The van der Waals surface area contributed by atoms with E-state index in [1.165, 1.54) is 5.56 Å². The molecule has 0 aliphatic carbocycles. The molecule has 23 heavy (non-hydrogen) atoms. The van der Waals surface area contributed by atoms with Crippen LogP contribution in [0.25, 0.3) is 33.9 Å². The average molecular weight is 300 g/mol. The van der Waals surface area contributed by atoms with E-state index in [9.17, 15) is 0 Å². The highest BCUT2D eigenvalue weighted by atomic mass is 15.1. The third kappa shape index (κ3) is 2.38. The van der Waals surface area contributed by atoms with Gasteiger partial charge in [0.05, 0.1) is 11.0 Å². The largest absolute Gasteiger partial charge is 0.326 e. The van der Waals surface area contributed by atoms with Crippen LogP contribution in [0.3, 0.4) is 0 Å². The van der Waals surface area contributed by atoms with Crippen molar-refractivity contribution in [3.8, 4) is 22.9 Å². The van der Waals surface area contributed by atoms with Gasteiger partial charge in [0.2, 0.25) is 0 Å². The van der Waals surface area contributed by atoms with Gasteiger partial charge in [-0.1, -0.05) is 36.4 Å². The van der Waals surface area contributed by atoms with Crippen molar-refractivity contribution in [3.05, 3.63) is 66.4 Å². The van der Waals surface area contributed by atoms with E-state index in [1.807, 2.05) is 43.4 Å². The summed E-state index contributed by atoms with van der Waals surface area (Å²) in [6.07, 6.45) is 1.79. The SMILES string of the molecule is Cc1ccc2c(c1)nc(-c1ccnc(-c3ccccc3)n1)n2C. The molecular weight excluding hydrogens is 284 g/mol. The van der Waals surface area contributed by atoms with E-state index < -0.39 is 0 Å². The van der Waals surface area contributed by atoms with Gasteiger partial charge in [-0.3, -0.25) is 0 Å². The summed E-state index contributed by atoms with van der Waals surface area (Å²) >= 11 is 0. The lowest BCUT2D eigenvalue weighted by Crippen LogP contribution is -1.97. The molecule has 4 heteroatoms. The van der Waals surface area contributed by atoms with Gasteiger partial charge in [0, 0.05) is 18.8 Å². The Bertz CT molecular complexity index is 987. The van der Waals surface area contributed by atoms with Crippen molar-refractivity contribution in [2.24, 2.45) is 7.05 Å². The zero-order chi connectivity index (χ0) is 15.8. The molecule has 0 saturated heterocycles. The third-order valence-electron chi connectivity index (χ3n) is 3.95. The van der Waals surface area contributed by atoms with Crippen LogP contribution >= 0.6 is 0 Å². The van der Waals surface area contributed by atoms with Gasteiger partial charge < -0.3 is 4.57 Å². The number of hydrogen-bond acceptors (Lipinski definition) is 3. The Kier molecular flexibility index (Phi) is 3.15. The van der Waals surface area contributed by atoms with Crippen LogP contribution in [0.4, 0.5) is 0 Å². The second-order valence-corrected chi connectivity index (χ2v) is 5.62. The number of aromatic nitrogens is 4. The highest BCUT2D eigenvalue weighted by Gasteiger charge is 2.12. The number of hydrogen-bond donors (Lipinski definition) is 0. The molecule has 0 N–H and O–H groups in total. The second kappa shape index (κ2) is 5.32. The fraction of sp³-hybridized carbons (Fsp3) is 0.105. The van der Waals surface area contributed by atoms with Crippen LogP contribution in [0.15, 0.2) is 60.8 Å².